The number of benzene rings is 1. The number of fused-ring (bicyclic) bond motifs is 1. The average Bonchev–Trinajstić information content (AvgIpc) is 2.49. The van der Waals surface area contributed by atoms with Gasteiger partial charge in [-0.1, -0.05) is 6.07 Å². The molecule has 122 valence electrons. The first-order chi connectivity index (χ1) is 10.5. The van der Waals surface area contributed by atoms with E-state index in [9.17, 15) is 9.18 Å². The summed E-state index contributed by atoms with van der Waals surface area (Å²) in [5.41, 5.74) is 1.66. The summed E-state index contributed by atoms with van der Waals surface area (Å²) in [7, 11) is 0. The molecule has 0 atom stereocenters. The fourth-order valence-electron chi connectivity index (χ4n) is 2.89. The second kappa shape index (κ2) is 7.70. The second-order valence-electron chi connectivity index (χ2n) is 6.10. The maximum absolute atomic E-state index is 13.6. The van der Waals surface area contributed by atoms with Crippen molar-refractivity contribution in [1.82, 2.24) is 10.2 Å². The highest BCUT2D eigenvalue weighted by Gasteiger charge is 2.18. The Hall–Kier alpha value is -1.46. The van der Waals surface area contributed by atoms with Gasteiger partial charge in [0.2, 0.25) is 5.91 Å². The molecule has 1 N–H and O–H groups in total. The number of nitrogens with zero attached hydrogens (tertiary/aromatic N) is 2. The highest BCUT2D eigenvalue weighted by Crippen LogP contribution is 2.23. The van der Waals surface area contributed by atoms with Crippen LogP contribution in [0.25, 0.3) is 0 Å². The Morgan fingerprint density at radius 3 is 2.73 bits per heavy atom. The lowest BCUT2D eigenvalue weighted by Gasteiger charge is -2.27. The summed E-state index contributed by atoms with van der Waals surface area (Å²) in [4.78, 5) is 16.1. The van der Waals surface area contributed by atoms with Gasteiger partial charge in [-0.15, -0.1) is 0 Å². The lowest BCUT2D eigenvalue weighted by Crippen LogP contribution is -2.38. The van der Waals surface area contributed by atoms with Gasteiger partial charge < -0.3 is 10.2 Å². The Balaban J connectivity index is 2.26. The van der Waals surface area contributed by atoms with Crippen molar-refractivity contribution in [2.75, 3.05) is 31.1 Å². The van der Waals surface area contributed by atoms with E-state index in [4.69, 9.17) is 0 Å². The summed E-state index contributed by atoms with van der Waals surface area (Å²) in [6.45, 7) is 9.98. The van der Waals surface area contributed by atoms with Crippen LogP contribution >= 0.6 is 0 Å². The summed E-state index contributed by atoms with van der Waals surface area (Å²) in [6.07, 6.45) is 0.883. The van der Waals surface area contributed by atoms with Crippen LogP contribution in [0.3, 0.4) is 0 Å². The zero-order valence-electron chi connectivity index (χ0n) is 13.7. The third kappa shape index (κ3) is 4.27. The van der Waals surface area contributed by atoms with Crippen molar-refractivity contribution in [3.05, 3.63) is 29.6 Å². The lowest BCUT2D eigenvalue weighted by atomic mass is 10.1. The number of hydrogen-bond donors (Lipinski definition) is 1. The maximum Gasteiger partial charge on any atom is 0.223 e. The minimum absolute atomic E-state index is 0.0396. The van der Waals surface area contributed by atoms with Crippen LogP contribution in [0.4, 0.5) is 10.1 Å². The van der Waals surface area contributed by atoms with Gasteiger partial charge in [0.05, 0.1) is 5.69 Å². The quantitative estimate of drug-likeness (QED) is 0.865. The average molecular weight is 307 g/mol. The molecule has 1 amide bonds. The minimum atomic E-state index is -0.302. The Morgan fingerprint density at radius 1 is 1.27 bits per heavy atom. The molecular formula is C17H26FN3O. The monoisotopic (exact) mass is 307 g/mol. The van der Waals surface area contributed by atoms with Crippen molar-refractivity contribution in [2.45, 2.75) is 39.8 Å². The van der Waals surface area contributed by atoms with E-state index < -0.39 is 0 Å². The van der Waals surface area contributed by atoms with Gasteiger partial charge in [-0.2, -0.15) is 0 Å². The number of amides is 1. The number of carbonyl (C=O) groups is 1. The third-order valence-electron chi connectivity index (χ3n) is 4.17. The summed E-state index contributed by atoms with van der Waals surface area (Å²) in [6, 6.07) is 5.18. The van der Waals surface area contributed by atoms with E-state index in [2.05, 4.69) is 24.1 Å². The molecule has 0 spiro atoms. The SMILES string of the molecule is CC(=O)N1CCCN(C(C)C)CCNCc2ccc(F)cc21. The van der Waals surface area contributed by atoms with Crippen LogP contribution in [0.15, 0.2) is 18.2 Å². The summed E-state index contributed by atoms with van der Waals surface area (Å²) < 4.78 is 13.6. The number of nitrogens with one attached hydrogen (secondary N) is 1. The van der Waals surface area contributed by atoms with Gasteiger partial charge in [-0.05, 0) is 38.0 Å². The molecule has 5 heteroatoms. The van der Waals surface area contributed by atoms with E-state index in [1.165, 1.54) is 12.1 Å². The van der Waals surface area contributed by atoms with Crippen LogP contribution in [0, 0.1) is 5.82 Å². The van der Waals surface area contributed by atoms with Gasteiger partial charge >= 0.3 is 0 Å². The van der Waals surface area contributed by atoms with Crippen molar-refractivity contribution in [1.29, 1.82) is 0 Å². The molecule has 0 bridgehead atoms. The molecule has 22 heavy (non-hydrogen) atoms. The summed E-state index contributed by atoms with van der Waals surface area (Å²) in [5.74, 6) is -0.342. The number of hydrogen-bond acceptors (Lipinski definition) is 3. The molecule has 1 aromatic rings. The lowest BCUT2D eigenvalue weighted by molar-refractivity contribution is -0.116. The van der Waals surface area contributed by atoms with E-state index in [-0.39, 0.29) is 11.7 Å². The highest BCUT2D eigenvalue weighted by atomic mass is 19.1. The van der Waals surface area contributed by atoms with E-state index in [1.807, 2.05) is 0 Å². The largest absolute Gasteiger partial charge is 0.312 e. The molecule has 1 aliphatic heterocycles. The topological polar surface area (TPSA) is 35.6 Å². The Morgan fingerprint density at radius 2 is 2.05 bits per heavy atom. The van der Waals surface area contributed by atoms with E-state index in [1.54, 1.807) is 17.9 Å². The molecule has 0 saturated heterocycles. The molecule has 0 aliphatic carbocycles. The fraction of sp³-hybridized carbons (Fsp3) is 0.588. The van der Waals surface area contributed by atoms with Gasteiger partial charge in [0.15, 0.2) is 0 Å². The Labute approximate surface area is 132 Å². The summed E-state index contributed by atoms with van der Waals surface area (Å²) >= 11 is 0. The molecule has 1 aromatic carbocycles. The first-order valence-electron chi connectivity index (χ1n) is 8.00. The number of carbonyl (C=O) groups excluding carboxylic acids is 1. The first-order valence-corrected chi connectivity index (χ1v) is 8.00. The fourth-order valence-corrected chi connectivity index (χ4v) is 2.89. The van der Waals surface area contributed by atoms with Gasteiger partial charge in [0, 0.05) is 45.7 Å². The molecule has 1 aliphatic rings. The van der Waals surface area contributed by atoms with E-state index >= 15 is 0 Å². The van der Waals surface area contributed by atoms with Crippen LogP contribution in [0.5, 0.6) is 0 Å². The van der Waals surface area contributed by atoms with Crippen molar-refractivity contribution in [3.8, 4) is 0 Å². The predicted molar refractivity (Wildman–Crippen MR) is 87.5 cm³/mol. The molecule has 1 heterocycles. The highest BCUT2D eigenvalue weighted by molar-refractivity contribution is 5.92. The molecule has 2 rings (SSSR count). The molecule has 4 nitrogen and oxygen atoms in total. The second-order valence-corrected chi connectivity index (χ2v) is 6.10. The van der Waals surface area contributed by atoms with Crippen molar-refractivity contribution >= 4 is 11.6 Å². The van der Waals surface area contributed by atoms with Gasteiger partial charge in [-0.3, -0.25) is 9.69 Å². The standard InChI is InChI=1S/C17H26FN3O/c1-13(2)20-8-4-9-21(14(3)22)17-11-16(18)6-5-15(17)12-19-7-10-20/h5-6,11,13,19H,4,7-10,12H2,1-3H3. The first kappa shape index (κ1) is 16.9. The molecular weight excluding hydrogens is 281 g/mol. The van der Waals surface area contributed by atoms with Crippen LogP contribution in [-0.4, -0.2) is 43.0 Å². The van der Waals surface area contributed by atoms with Gasteiger partial charge in [0.1, 0.15) is 5.82 Å². The summed E-state index contributed by atoms with van der Waals surface area (Å²) in [5, 5.41) is 3.40. The van der Waals surface area contributed by atoms with Crippen LogP contribution in [0.1, 0.15) is 32.8 Å². The zero-order valence-corrected chi connectivity index (χ0v) is 13.7. The third-order valence-corrected chi connectivity index (χ3v) is 4.17. The zero-order chi connectivity index (χ0) is 16.1. The molecule has 0 radical (unpaired) electrons. The Bertz CT molecular complexity index is 519. The normalized spacial score (nSPS) is 18.0. The van der Waals surface area contributed by atoms with Gasteiger partial charge in [0.25, 0.3) is 0 Å². The smallest absolute Gasteiger partial charge is 0.223 e. The van der Waals surface area contributed by atoms with E-state index in [0.29, 0.717) is 24.8 Å². The molecule has 0 saturated carbocycles. The number of halogens is 1. The number of anilines is 1. The van der Waals surface area contributed by atoms with E-state index in [0.717, 1.165) is 31.6 Å². The molecule has 0 unspecified atom stereocenters. The van der Waals surface area contributed by atoms with Crippen molar-refractivity contribution < 1.29 is 9.18 Å². The Kier molecular flexibility index (Phi) is 5.91. The maximum atomic E-state index is 13.6. The predicted octanol–water partition coefficient (Wildman–Crippen LogP) is 2.38. The minimum Gasteiger partial charge on any atom is -0.312 e. The van der Waals surface area contributed by atoms with Crippen LogP contribution in [-0.2, 0) is 11.3 Å². The van der Waals surface area contributed by atoms with Gasteiger partial charge in [-0.25, -0.2) is 4.39 Å². The molecule has 0 fully saturated rings. The van der Waals surface area contributed by atoms with Crippen LogP contribution in [0.2, 0.25) is 0 Å². The van der Waals surface area contributed by atoms with Crippen molar-refractivity contribution in [3.63, 3.8) is 0 Å². The van der Waals surface area contributed by atoms with Crippen LogP contribution < -0.4 is 10.2 Å². The molecule has 0 aromatic heterocycles. The number of rotatable bonds is 1. The van der Waals surface area contributed by atoms with Crippen molar-refractivity contribution in [2.24, 2.45) is 0 Å².